The molecule has 0 aliphatic carbocycles. The molecule has 326 valence electrons. The normalized spacial score (nSPS) is 11.4. The number of rotatable bonds is 8. The highest BCUT2D eigenvalue weighted by molar-refractivity contribution is 6.69. The fourth-order valence-corrected chi connectivity index (χ4v) is 10.5. The van der Waals surface area contributed by atoms with Gasteiger partial charge in [0.05, 0.1) is 16.7 Å². The molecular formula is C54H45B10N7. The zero-order valence-electron chi connectivity index (χ0n) is 42.1. The maximum Gasteiger partial charge on any atom is 0.166 e. The van der Waals surface area contributed by atoms with Gasteiger partial charge in [-0.2, -0.15) is 0 Å². The lowest BCUT2D eigenvalue weighted by molar-refractivity contribution is 1.06. The van der Waals surface area contributed by atoms with Crippen molar-refractivity contribution in [2.24, 2.45) is 0 Å². The highest BCUT2D eigenvalue weighted by Gasteiger charge is 2.25. The number of benzene rings is 8. The van der Waals surface area contributed by atoms with E-state index in [-0.39, 0.29) is 0 Å². The van der Waals surface area contributed by atoms with E-state index < -0.39 is 0 Å². The summed E-state index contributed by atoms with van der Waals surface area (Å²) in [5.41, 5.74) is 23.0. The lowest BCUT2D eigenvalue weighted by Crippen LogP contribution is -2.55. The number of nitrogens with zero attached hydrogens (tertiary/aromatic N) is 7. The van der Waals surface area contributed by atoms with Gasteiger partial charge in [-0.1, -0.05) is 143 Å². The molecule has 3 heterocycles. The van der Waals surface area contributed by atoms with E-state index in [4.69, 9.17) is 29.9 Å². The summed E-state index contributed by atoms with van der Waals surface area (Å²) in [6.45, 7) is 0. The molecule has 0 saturated carbocycles. The van der Waals surface area contributed by atoms with Gasteiger partial charge in [-0.15, -0.1) is 32.8 Å². The maximum absolute atomic E-state index is 5.56. The summed E-state index contributed by atoms with van der Waals surface area (Å²) in [5.74, 6) is 3.56. The summed E-state index contributed by atoms with van der Waals surface area (Å²) < 4.78 is 2.37. The zero-order chi connectivity index (χ0) is 49.2. The molecule has 0 fully saturated rings. The second-order valence-electron chi connectivity index (χ2n) is 19.0. The third-order valence-electron chi connectivity index (χ3n) is 15.3. The fourth-order valence-electron chi connectivity index (χ4n) is 10.5. The standard InChI is InChI=1S/C54H45B10N7/c55-39-37(40(56)44(60)47(63)43(39)59)53-67-49(27-15-6-2-7-16-27)65-51(69-53)29-23-24-34(71-33-21-11-10-19-31(33)36-30(20-12-22-35(36)71)26-13-4-1-5-14-26)32(25-29)52-66-50(28-17-8-3-9-18-28)68-54(70-52)38-41(57)45(61)48(64)46(62)42(38)58/h1-25H,55-64H2. The summed E-state index contributed by atoms with van der Waals surface area (Å²) in [6, 6.07) is 52.9. The highest BCUT2D eigenvalue weighted by atomic mass is 15.1. The van der Waals surface area contributed by atoms with Crippen LogP contribution in [0.4, 0.5) is 0 Å². The molecule has 3 aromatic heterocycles. The van der Waals surface area contributed by atoms with Crippen LogP contribution in [0.15, 0.2) is 152 Å². The Bertz CT molecular complexity index is 3890. The molecule has 71 heavy (non-hydrogen) atoms. The van der Waals surface area contributed by atoms with Crippen LogP contribution in [0, 0.1) is 0 Å². The number of hydrogen-bond donors (Lipinski definition) is 0. The van der Waals surface area contributed by atoms with E-state index in [1.165, 1.54) is 43.7 Å². The summed E-state index contributed by atoms with van der Waals surface area (Å²) in [7, 11) is 21.9. The minimum Gasteiger partial charge on any atom is -0.308 e. The Hall–Kier alpha value is -7.77. The average molecular weight is 900 g/mol. The molecule has 7 nitrogen and oxygen atoms in total. The van der Waals surface area contributed by atoms with E-state index >= 15 is 0 Å². The van der Waals surface area contributed by atoms with E-state index in [9.17, 15) is 0 Å². The summed E-state index contributed by atoms with van der Waals surface area (Å²) in [4.78, 5) is 32.3. The zero-order valence-corrected chi connectivity index (χ0v) is 42.1. The minimum atomic E-state index is 0.541. The van der Waals surface area contributed by atoms with E-state index in [2.05, 4.69) is 198 Å². The highest BCUT2D eigenvalue weighted by Crippen LogP contribution is 2.41. The Balaban J connectivity index is 1.25. The predicted molar refractivity (Wildman–Crippen MR) is 327 cm³/mol. The second-order valence-corrected chi connectivity index (χ2v) is 19.0. The monoisotopic (exact) mass is 901 g/mol. The van der Waals surface area contributed by atoms with Gasteiger partial charge in [0.2, 0.25) is 0 Å². The van der Waals surface area contributed by atoms with Gasteiger partial charge in [0, 0.05) is 44.2 Å². The van der Waals surface area contributed by atoms with Crippen molar-refractivity contribution in [1.29, 1.82) is 0 Å². The SMILES string of the molecule is Bc1c(B)c(B)c(-c2nc(-c3ccccc3)nc(-c3ccc(-n4c5ccccc5c5c(-c6ccccc6)cccc54)c(-c4nc(-c5ccccc5)nc(-c5c(B)c(B)c(B)c(B)c5B)n4)c3)n2)c(B)c1B. The first kappa shape index (κ1) is 45.7. The Labute approximate surface area is 424 Å². The topological polar surface area (TPSA) is 82.3 Å². The molecule has 0 aliphatic rings. The molecule has 11 aromatic rings. The van der Waals surface area contributed by atoms with Crippen molar-refractivity contribution < 1.29 is 0 Å². The number of aromatic nitrogens is 7. The molecule has 0 spiro atoms. The van der Waals surface area contributed by atoms with Crippen LogP contribution in [0.2, 0.25) is 0 Å². The van der Waals surface area contributed by atoms with E-state index in [0.717, 1.165) is 82.9 Å². The first-order chi connectivity index (χ1) is 34.4. The Kier molecular flexibility index (Phi) is 11.7. The van der Waals surface area contributed by atoms with Crippen LogP contribution < -0.4 is 54.6 Å². The molecule has 0 amide bonds. The van der Waals surface area contributed by atoms with Crippen LogP contribution in [0.1, 0.15) is 0 Å². The molecule has 0 aliphatic heterocycles. The lowest BCUT2D eigenvalue weighted by atomic mass is 9.60. The van der Waals surface area contributed by atoms with Crippen LogP contribution in [0.25, 0.3) is 107 Å². The van der Waals surface area contributed by atoms with Gasteiger partial charge in [-0.05, 0) is 41.5 Å². The summed E-state index contributed by atoms with van der Waals surface area (Å²) in [5, 5.41) is 2.32. The minimum absolute atomic E-state index is 0.541. The summed E-state index contributed by atoms with van der Waals surface area (Å²) in [6.07, 6.45) is 0. The molecule has 0 atom stereocenters. The van der Waals surface area contributed by atoms with Gasteiger partial charge in [0.1, 0.15) is 78.5 Å². The molecule has 0 bridgehead atoms. The first-order valence-corrected chi connectivity index (χ1v) is 24.4. The van der Waals surface area contributed by atoms with Crippen LogP contribution >= 0.6 is 0 Å². The van der Waals surface area contributed by atoms with Crippen LogP contribution in [0.3, 0.4) is 0 Å². The van der Waals surface area contributed by atoms with Crippen LogP contribution in [-0.4, -0.2) is 113 Å². The van der Waals surface area contributed by atoms with Gasteiger partial charge in [-0.3, -0.25) is 0 Å². The maximum atomic E-state index is 5.56. The van der Waals surface area contributed by atoms with Crippen molar-refractivity contribution in [2.45, 2.75) is 0 Å². The van der Waals surface area contributed by atoms with Gasteiger partial charge < -0.3 is 4.57 Å². The predicted octanol–water partition coefficient (Wildman–Crippen LogP) is -4.59. The van der Waals surface area contributed by atoms with Gasteiger partial charge in [-0.25, -0.2) is 29.9 Å². The largest absolute Gasteiger partial charge is 0.308 e. The van der Waals surface area contributed by atoms with Gasteiger partial charge in [0.15, 0.2) is 34.9 Å². The number of hydrogen-bond acceptors (Lipinski definition) is 6. The first-order valence-electron chi connectivity index (χ1n) is 24.4. The molecule has 0 saturated heterocycles. The molecule has 0 radical (unpaired) electrons. The Morgan fingerprint density at radius 3 is 1.20 bits per heavy atom. The van der Waals surface area contributed by atoms with Crippen molar-refractivity contribution in [2.75, 3.05) is 0 Å². The molecule has 0 unspecified atom stereocenters. The van der Waals surface area contributed by atoms with Crippen molar-refractivity contribution in [3.63, 3.8) is 0 Å². The molecule has 8 aromatic carbocycles. The van der Waals surface area contributed by atoms with E-state index in [1.807, 2.05) is 36.4 Å². The third-order valence-corrected chi connectivity index (χ3v) is 15.3. The van der Waals surface area contributed by atoms with E-state index in [0.29, 0.717) is 34.9 Å². The van der Waals surface area contributed by atoms with Crippen molar-refractivity contribution in [3.05, 3.63) is 152 Å². The molecule has 0 N–H and O–H groups in total. The Morgan fingerprint density at radius 1 is 0.282 bits per heavy atom. The molecule has 11 rings (SSSR count). The average Bonchev–Trinajstić information content (AvgIpc) is 3.75. The summed E-state index contributed by atoms with van der Waals surface area (Å²) >= 11 is 0. The third kappa shape index (κ3) is 7.79. The smallest absolute Gasteiger partial charge is 0.166 e. The van der Waals surface area contributed by atoms with Crippen LogP contribution in [0.5, 0.6) is 0 Å². The van der Waals surface area contributed by atoms with Gasteiger partial charge >= 0.3 is 0 Å². The quantitative estimate of drug-likeness (QED) is 0.143. The van der Waals surface area contributed by atoms with Crippen LogP contribution in [-0.2, 0) is 0 Å². The van der Waals surface area contributed by atoms with E-state index in [1.54, 1.807) is 0 Å². The Morgan fingerprint density at radius 2 is 0.676 bits per heavy atom. The van der Waals surface area contributed by atoms with Gasteiger partial charge in [0.25, 0.3) is 0 Å². The number of para-hydroxylation sites is 1. The van der Waals surface area contributed by atoms with Crippen molar-refractivity contribution >= 4 is 155 Å². The second kappa shape index (κ2) is 18.2. The fraction of sp³-hybridized carbons (Fsp3) is 0. The van der Waals surface area contributed by atoms with Crippen molar-refractivity contribution in [1.82, 2.24) is 34.5 Å². The molecular weight excluding hydrogens is 855 g/mol. The molecule has 17 heteroatoms. The number of fused-ring (bicyclic) bond motifs is 3. The lowest BCUT2D eigenvalue weighted by Gasteiger charge is -2.21. The van der Waals surface area contributed by atoms with Crippen molar-refractivity contribution in [3.8, 4) is 85.1 Å².